The van der Waals surface area contributed by atoms with Crippen molar-refractivity contribution in [1.29, 1.82) is 0 Å². The van der Waals surface area contributed by atoms with Gasteiger partial charge in [0.2, 0.25) is 0 Å². The van der Waals surface area contributed by atoms with Crippen LogP contribution in [0.2, 0.25) is 5.02 Å². The minimum Gasteiger partial charge on any atom is -0.496 e. The van der Waals surface area contributed by atoms with Crippen LogP contribution in [-0.4, -0.2) is 33.7 Å². The van der Waals surface area contributed by atoms with Gasteiger partial charge < -0.3 is 14.0 Å². The number of rotatable bonds is 9. The van der Waals surface area contributed by atoms with Gasteiger partial charge in [0.05, 0.1) is 34.4 Å². The highest BCUT2D eigenvalue weighted by molar-refractivity contribution is 7.07. The van der Waals surface area contributed by atoms with Gasteiger partial charge in [-0.15, -0.1) is 0 Å². The SMILES string of the molecule is CCCC1=C(C(=O)OCC)[C@@H](c2cc(Cl)ccc2OC)n2c(s/c(=C/c3cc(C)n(-c4ccc([N+](=O)[O-])cc4)c3C)c2=O)=N1. The van der Waals surface area contributed by atoms with E-state index in [4.69, 9.17) is 26.1 Å². The number of nitro benzene ring substituents is 1. The van der Waals surface area contributed by atoms with E-state index in [-0.39, 0.29) is 23.4 Å². The average molecular weight is 635 g/mol. The minimum absolute atomic E-state index is 0.00747. The Balaban J connectivity index is 1.73. The maximum Gasteiger partial charge on any atom is 0.338 e. The van der Waals surface area contributed by atoms with Gasteiger partial charge in [-0.1, -0.05) is 36.3 Å². The van der Waals surface area contributed by atoms with Crippen LogP contribution in [0.1, 0.15) is 55.2 Å². The van der Waals surface area contributed by atoms with Gasteiger partial charge in [0, 0.05) is 39.8 Å². The molecule has 10 nitrogen and oxygen atoms in total. The third kappa shape index (κ3) is 5.60. The lowest BCUT2D eigenvalue weighted by Gasteiger charge is -2.27. The lowest BCUT2D eigenvalue weighted by atomic mass is 9.93. The first-order chi connectivity index (χ1) is 21.1. The number of fused-ring (bicyclic) bond motifs is 1. The molecular formula is C32H31ClN4O6S. The molecule has 0 amide bonds. The zero-order chi connectivity index (χ0) is 31.7. The normalized spacial score (nSPS) is 14.8. The quantitative estimate of drug-likeness (QED) is 0.135. The molecule has 1 atom stereocenters. The molecule has 12 heteroatoms. The summed E-state index contributed by atoms with van der Waals surface area (Å²) in [6.07, 6.45) is 3.05. The van der Waals surface area contributed by atoms with Gasteiger partial charge >= 0.3 is 5.97 Å². The monoisotopic (exact) mass is 634 g/mol. The number of nitro groups is 1. The van der Waals surface area contributed by atoms with Crippen LogP contribution in [0.3, 0.4) is 0 Å². The molecule has 2 aromatic carbocycles. The Hall–Kier alpha value is -4.48. The number of hydrogen-bond donors (Lipinski definition) is 0. The first kappa shape index (κ1) is 31.0. The summed E-state index contributed by atoms with van der Waals surface area (Å²) in [5.74, 6) is -0.0761. The molecule has 0 bridgehead atoms. The number of allylic oxidation sites excluding steroid dienone is 1. The van der Waals surface area contributed by atoms with Crippen molar-refractivity contribution in [3.8, 4) is 11.4 Å². The Bertz CT molecular complexity index is 1990. The van der Waals surface area contributed by atoms with Crippen LogP contribution in [0, 0.1) is 24.0 Å². The van der Waals surface area contributed by atoms with Crippen LogP contribution in [0.5, 0.6) is 5.75 Å². The van der Waals surface area contributed by atoms with Crippen molar-refractivity contribution >= 4 is 40.7 Å². The van der Waals surface area contributed by atoms with Gasteiger partial charge in [0.15, 0.2) is 4.80 Å². The molecule has 0 unspecified atom stereocenters. The molecule has 0 spiro atoms. The predicted octanol–water partition coefficient (Wildman–Crippen LogP) is 5.56. The molecule has 2 aromatic heterocycles. The molecule has 0 N–H and O–H groups in total. The molecule has 0 fully saturated rings. The maximum atomic E-state index is 14.2. The number of ether oxygens (including phenoxy) is 2. The molecule has 5 rings (SSSR count). The van der Waals surface area contributed by atoms with Crippen LogP contribution in [0.25, 0.3) is 11.8 Å². The van der Waals surface area contributed by atoms with Crippen molar-refractivity contribution in [3.05, 3.63) is 117 Å². The zero-order valence-corrected chi connectivity index (χ0v) is 26.5. The molecule has 44 heavy (non-hydrogen) atoms. The largest absolute Gasteiger partial charge is 0.496 e. The van der Waals surface area contributed by atoms with Gasteiger partial charge in [0.1, 0.15) is 11.8 Å². The fourth-order valence-electron chi connectivity index (χ4n) is 5.53. The molecule has 0 aliphatic carbocycles. The second-order valence-electron chi connectivity index (χ2n) is 10.2. The second kappa shape index (κ2) is 12.6. The molecule has 4 aromatic rings. The van der Waals surface area contributed by atoms with Gasteiger partial charge in [-0.2, -0.15) is 0 Å². The summed E-state index contributed by atoms with van der Waals surface area (Å²) in [6, 6.07) is 12.5. The Morgan fingerprint density at radius 2 is 1.89 bits per heavy atom. The van der Waals surface area contributed by atoms with E-state index >= 15 is 0 Å². The van der Waals surface area contributed by atoms with E-state index in [1.165, 1.54) is 35.1 Å². The Labute approximate surface area is 262 Å². The number of esters is 1. The van der Waals surface area contributed by atoms with Crippen molar-refractivity contribution < 1.29 is 19.2 Å². The molecule has 1 aliphatic rings. The van der Waals surface area contributed by atoms with Gasteiger partial charge in [-0.05, 0) is 75.2 Å². The number of nitrogens with zero attached hydrogens (tertiary/aromatic N) is 4. The number of non-ortho nitro benzene ring substituents is 1. The van der Waals surface area contributed by atoms with Crippen molar-refractivity contribution in [2.24, 2.45) is 4.99 Å². The molecule has 228 valence electrons. The van der Waals surface area contributed by atoms with E-state index in [2.05, 4.69) is 0 Å². The number of thiazole rings is 1. The first-order valence-corrected chi connectivity index (χ1v) is 15.3. The highest BCUT2D eigenvalue weighted by atomic mass is 35.5. The lowest BCUT2D eigenvalue weighted by molar-refractivity contribution is -0.384. The third-order valence-corrected chi connectivity index (χ3v) is 8.67. The summed E-state index contributed by atoms with van der Waals surface area (Å²) in [6.45, 7) is 7.75. The molecule has 3 heterocycles. The van der Waals surface area contributed by atoms with Crippen LogP contribution in [0.15, 0.2) is 69.6 Å². The number of methoxy groups -OCH3 is 1. The summed E-state index contributed by atoms with van der Waals surface area (Å²) >= 11 is 7.67. The fourth-order valence-corrected chi connectivity index (χ4v) is 6.72. The number of benzene rings is 2. The molecule has 0 saturated carbocycles. The van der Waals surface area contributed by atoms with Crippen LogP contribution in [-0.2, 0) is 9.53 Å². The highest BCUT2D eigenvalue weighted by Crippen LogP contribution is 2.38. The van der Waals surface area contributed by atoms with Gasteiger partial charge in [-0.25, -0.2) is 9.79 Å². The number of aryl methyl sites for hydroxylation is 1. The average Bonchev–Trinajstić information content (AvgIpc) is 3.46. The molecule has 0 saturated heterocycles. The standard InChI is InChI=1S/C32H31ClN4O6S/c1-6-8-25-28(31(39)43-7-2)29(24-17-21(33)9-14-26(24)42-5)36-30(38)27(44-32(36)34-25)16-20-15-18(3)35(19(20)4)22-10-12-23(13-11-22)37(40)41/h9-17,29H,6-8H2,1-5H3/b27-16+/t29-/m1/s1. The number of aromatic nitrogens is 2. The predicted molar refractivity (Wildman–Crippen MR) is 170 cm³/mol. The number of carbonyl (C=O) groups is 1. The van der Waals surface area contributed by atoms with E-state index in [0.717, 1.165) is 29.1 Å². The van der Waals surface area contributed by atoms with Crippen LogP contribution >= 0.6 is 22.9 Å². The summed E-state index contributed by atoms with van der Waals surface area (Å²) in [5.41, 5.74) is 4.40. The summed E-state index contributed by atoms with van der Waals surface area (Å²) in [4.78, 5) is 43.7. The van der Waals surface area contributed by atoms with E-state index in [0.29, 0.717) is 37.8 Å². The first-order valence-electron chi connectivity index (χ1n) is 14.1. The maximum absolute atomic E-state index is 14.2. The smallest absolute Gasteiger partial charge is 0.338 e. The van der Waals surface area contributed by atoms with Crippen molar-refractivity contribution in [1.82, 2.24) is 9.13 Å². The second-order valence-corrected chi connectivity index (χ2v) is 11.7. The fraction of sp³-hybridized carbons (Fsp3) is 0.281. The lowest BCUT2D eigenvalue weighted by Crippen LogP contribution is -2.40. The Kier molecular flexibility index (Phi) is 8.89. The summed E-state index contributed by atoms with van der Waals surface area (Å²) < 4.78 is 15.1. The summed E-state index contributed by atoms with van der Waals surface area (Å²) in [5, 5.41) is 11.6. The Morgan fingerprint density at radius 3 is 2.52 bits per heavy atom. The number of halogens is 1. The van der Waals surface area contributed by atoms with E-state index in [1.807, 2.05) is 37.5 Å². The molecule has 1 aliphatic heterocycles. The topological polar surface area (TPSA) is 118 Å². The zero-order valence-electron chi connectivity index (χ0n) is 24.9. The van der Waals surface area contributed by atoms with E-state index in [9.17, 15) is 19.7 Å². The minimum atomic E-state index is -0.866. The third-order valence-electron chi connectivity index (χ3n) is 7.45. The van der Waals surface area contributed by atoms with E-state index in [1.54, 1.807) is 37.3 Å². The number of hydrogen-bond acceptors (Lipinski definition) is 8. The highest BCUT2D eigenvalue weighted by Gasteiger charge is 2.36. The summed E-state index contributed by atoms with van der Waals surface area (Å²) in [7, 11) is 1.53. The van der Waals surface area contributed by atoms with Crippen molar-refractivity contribution in [2.75, 3.05) is 13.7 Å². The van der Waals surface area contributed by atoms with E-state index < -0.39 is 16.9 Å². The molecular weight excluding hydrogens is 604 g/mol. The van der Waals surface area contributed by atoms with Gasteiger partial charge in [0.25, 0.3) is 11.2 Å². The van der Waals surface area contributed by atoms with Crippen LogP contribution < -0.4 is 19.6 Å². The van der Waals surface area contributed by atoms with Crippen molar-refractivity contribution in [3.63, 3.8) is 0 Å². The van der Waals surface area contributed by atoms with Crippen LogP contribution in [0.4, 0.5) is 5.69 Å². The number of carbonyl (C=O) groups excluding carboxylic acids is 1. The van der Waals surface area contributed by atoms with Crippen molar-refractivity contribution in [2.45, 2.75) is 46.6 Å². The Morgan fingerprint density at radius 1 is 1.16 bits per heavy atom. The van der Waals surface area contributed by atoms with Gasteiger partial charge in [-0.3, -0.25) is 19.5 Å². The molecule has 0 radical (unpaired) electrons.